The van der Waals surface area contributed by atoms with Gasteiger partial charge in [0.2, 0.25) is 5.76 Å². The van der Waals surface area contributed by atoms with Gasteiger partial charge in [-0.05, 0) is 17.7 Å². The predicted molar refractivity (Wildman–Crippen MR) is 55.8 cm³/mol. The fraction of sp³-hybridized carbons (Fsp3) is 0.182. The molecule has 2 rings (SSSR count). The van der Waals surface area contributed by atoms with Gasteiger partial charge in [0.25, 0.3) is 0 Å². The predicted octanol–water partition coefficient (Wildman–Crippen LogP) is 3.31. The number of halogens is 4. The van der Waals surface area contributed by atoms with Gasteiger partial charge in [0.05, 0.1) is 5.56 Å². The Morgan fingerprint density at radius 3 is 2.22 bits per heavy atom. The lowest BCUT2D eigenvalue weighted by Crippen LogP contribution is -2.07. The van der Waals surface area contributed by atoms with E-state index in [1.165, 1.54) is 0 Å². The van der Waals surface area contributed by atoms with Crippen LogP contribution in [0.3, 0.4) is 0 Å². The highest BCUT2D eigenvalue weighted by atomic mass is 19.3. The number of hydrogen-bond acceptors (Lipinski definition) is 3. The summed E-state index contributed by atoms with van der Waals surface area (Å²) in [7, 11) is 0. The van der Waals surface area contributed by atoms with Crippen molar-refractivity contribution in [3.63, 3.8) is 0 Å². The van der Waals surface area contributed by atoms with Crippen molar-refractivity contribution >= 4 is 5.82 Å². The highest BCUT2D eigenvalue weighted by Gasteiger charge is 2.35. The van der Waals surface area contributed by atoms with Gasteiger partial charge in [-0.2, -0.15) is 8.78 Å². The number of rotatable bonds is 2. The molecule has 0 spiro atoms. The smallest absolute Gasteiger partial charge is 0.305 e. The SMILES string of the molecule is CC(F)(F)c1onc(N)c1-c1cc(F)cc(F)c1. The first-order chi connectivity index (χ1) is 8.29. The highest BCUT2D eigenvalue weighted by molar-refractivity contribution is 5.76. The first kappa shape index (κ1) is 12.4. The third kappa shape index (κ3) is 2.15. The molecule has 0 atom stereocenters. The Labute approximate surface area is 99.2 Å². The molecule has 1 heterocycles. The van der Waals surface area contributed by atoms with Gasteiger partial charge in [-0.15, -0.1) is 0 Å². The zero-order valence-electron chi connectivity index (χ0n) is 9.18. The average molecular weight is 260 g/mol. The molecular weight excluding hydrogens is 252 g/mol. The monoisotopic (exact) mass is 260 g/mol. The lowest BCUT2D eigenvalue weighted by molar-refractivity contribution is -0.00975. The molecule has 0 amide bonds. The average Bonchev–Trinajstić information content (AvgIpc) is 2.57. The molecule has 1 aromatic carbocycles. The molecular formula is C11H8F4N2O. The molecule has 0 radical (unpaired) electrons. The Balaban J connectivity index is 2.67. The second-order valence-corrected chi connectivity index (χ2v) is 3.82. The van der Waals surface area contributed by atoms with Crippen LogP contribution < -0.4 is 5.73 Å². The van der Waals surface area contributed by atoms with Crippen LogP contribution in [0.1, 0.15) is 12.7 Å². The molecule has 0 aliphatic carbocycles. The minimum Gasteiger partial charge on any atom is -0.380 e. The third-order valence-electron chi connectivity index (χ3n) is 2.27. The molecule has 2 N–H and O–H groups in total. The van der Waals surface area contributed by atoms with Crippen LogP contribution in [-0.2, 0) is 5.92 Å². The number of alkyl halides is 2. The molecule has 7 heteroatoms. The molecule has 0 aliphatic rings. The van der Waals surface area contributed by atoms with Crippen molar-refractivity contribution in [2.45, 2.75) is 12.8 Å². The van der Waals surface area contributed by atoms with Gasteiger partial charge in [-0.1, -0.05) is 5.16 Å². The number of nitrogens with zero attached hydrogens (tertiary/aromatic N) is 1. The molecule has 0 unspecified atom stereocenters. The summed E-state index contributed by atoms with van der Waals surface area (Å²) in [5.74, 6) is -6.35. The van der Waals surface area contributed by atoms with Crippen molar-refractivity contribution in [2.75, 3.05) is 5.73 Å². The van der Waals surface area contributed by atoms with Crippen LogP contribution in [0, 0.1) is 11.6 Å². The minimum atomic E-state index is -3.36. The topological polar surface area (TPSA) is 52.0 Å². The van der Waals surface area contributed by atoms with Gasteiger partial charge in [0.1, 0.15) is 11.6 Å². The van der Waals surface area contributed by atoms with Gasteiger partial charge in [0.15, 0.2) is 5.82 Å². The maximum atomic E-state index is 13.2. The molecule has 96 valence electrons. The molecule has 0 fully saturated rings. The number of benzene rings is 1. The van der Waals surface area contributed by atoms with Crippen molar-refractivity contribution in [3.05, 3.63) is 35.6 Å². The molecule has 0 aliphatic heterocycles. The first-order valence-electron chi connectivity index (χ1n) is 4.89. The van der Waals surface area contributed by atoms with Gasteiger partial charge in [-0.25, -0.2) is 8.78 Å². The summed E-state index contributed by atoms with van der Waals surface area (Å²) in [5, 5.41) is 3.20. The van der Waals surface area contributed by atoms with Gasteiger partial charge in [0, 0.05) is 13.0 Å². The Morgan fingerprint density at radius 2 is 1.72 bits per heavy atom. The van der Waals surface area contributed by atoms with Crippen LogP contribution in [0.2, 0.25) is 0 Å². The molecule has 1 aromatic heterocycles. The van der Waals surface area contributed by atoms with Gasteiger partial charge < -0.3 is 10.3 Å². The second-order valence-electron chi connectivity index (χ2n) is 3.82. The summed E-state index contributed by atoms with van der Waals surface area (Å²) >= 11 is 0. The third-order valence-corrected chi connectivity index (χ3v) is 2.27. The zero-order valence-corrected chi connectivity index (χ0v) is 9.18. The van der Waals surface area contributed by atoms with E-state index in [0.29, 0.717) is 13.0 Å². The number of hydrogen-bond donors (Lipinski definition) is 1. The van der Waals surface area contributed by atoms with Crippen molar-refractivity contribution in [1.29, 1.82) is 0 Å². The summed E-state index contributed by atoms with van der Waals surface area (Å²) in [6, 6.07) is 2.37. The number of aromatic nitrogens is 1. The number of anilines is 1. The van der Waals surface area contributed by atoms with E-state index in [1.807, 2.05) is 0 Å². The largest absolute Gasteiger partial charge is 0.380 e. The van der Waals surface area contributed by atoms with Crippen molar-refractivity contribution < 1.29 is 22.1 Å². The van der Waals surface area contributed by atoms with E-state index in [-0.39, 0.29) is 16.9 Å². The highest BCUT2D eigenvalue weighted by Crippen LogP contribution is 2.39. The van der Waals surface area contributed by atoms with Crippen molar-refractivity contribution in [3.8, 4) is 11.1 Å². The van der Waals surface area contributed by atoms with Crippen molar-refractivity contribution in [2.24, 2.45) is 0 Å². The Kier molecular flexibility index (Phi) is 2.76. The van der Waals surface area contributed by atoms with Crippen LogP contribution in [0.5, 0.6) is 0 Å². The summed E-state index contributed by atoms with van der Waals surface area (Å²) in [4.78, 5) is 0. The molecule has 0 bridgehead atoms. The van der Waals surface area contributed by atoms with E-state index < -0.39 is 23.3 Å². The normalized spacial score (nSPS) is 11.8. The van der Waals surface area contributed by atoms with Crippen LogP contribution >= 0.6 is 0 Å². The van der Waals surface area contributed by atoms with E-state index >= 15 is 0 Å². The number of nitrogen functional groups attached to an aromatic ring is 1. The van der Waals surface area contributed by atoms with E-state index in [0.717, 1.165) is 12.1 Å². The fourth-order valence-corrected chi connectivity index (χ4v) is 1.58. The lowest BCUT2D eigenvalue weighted by atomic mass is 10.0. The maximum Gasteiger partial charge on any atom is 0.305 e. The van der Waals surface area contributed by atoms with E-state index in [9.17, 15) is 17.6 Å². The van der Waals surface area contributed by atoms with Crippen LogP contribution in [0.25, 0.3) is 11.1 Å². The first-order valence-corrected chi connectivity index (χ1v) is 4.89. The second kappa shape index (κ2) is 4.01. The summed E-state index contributed by atoms with van der Waals surface area (Å²) in [6.07, 6.45) is 0. The molecule has 0 saturated heterocycles. The quantitative estimate of drug-likeness (QED) is 0.843. The molecule has 3 nitrogen and oxygen atoms in total. The zero-order chi connectivity index (χ0) is 13.5. The lowest BCUT2D eigenvalue weighted by Gasteiger charge is -2.09. The maximum absolute atomic E-state index is 13.2. The van der Waals surface area contributed by atoms with E-state index in [2.05, 4.69) is 9.68 Å². The van der Waals surface area contributed by atoms with Crippen LogP contribution in [0.4, 0.5) is 23.4 Å². The standard InChI is InChI=1S/C11H8F4N2O/c1-11(14,15)9-8(10(16)17-18-9)5-2-6(12)4-7(13)3-5/h2-4H,1H3,(H2,16,17). The van der Waals surface area contributed by atoms with Gasteiger partial charge >= 0.3 is 5.92 Å². The van der Waals surface area contributed by atoms with E-state index in [4.69, 9.17) is 5.73 Å². The Hall–Kier alpha value is -2.05. The van der Waals surface area contributed by atoms with Crippen molar-refractivity contribution in [1.82, 2.24) is 5.16 Å². The fourth-order valence-electron chi connectivity index (χ4n) is 1.58. The van der Waals surface area contributed by atoms with Gasteiger partial charge in [-0.3, -0.25) is 0 Å². The van der Waals surface area contributed by atoms with E-state index in [1.54, 1.807) is 0 Å². The molecule has 18 heavy (non-hydrogen) atoms. The Bertz CT molecular complexity index is 569. The summed E-state index contributed by atoms with van der Waals surface area (Å²) < 4.78 is 57.0. The number of nitrogens with two attached hydrogens (primary N) is 1. The minimum absolute atomic E-state index is 0.150. The molecule has 2 aromatic rings. The molecule has 0 saturated carbocycles. The summed E-state index contributed by atoms with van der Waals surface area (Å²) in [5.41, 5.74) is 4.93. The van der Waals surface area contributed by atoms with Crippen LogP contribution in [0.15, 0.2) is 22.7 Å². The van der Waals surface area contributed by atoms with Crippen LogP contribution in [-0.4, -0.2) is 5.16 Å². The summed E-state index contributed by atoms with van der Waals surface area (Å²) in [6.45, 7) is 0.576. The Morgan fingerprint density at radius 1 is 1.17 bits per heavy atom.